The predicted octanol–water partition coefficient (Wildman–Crippen LogP) is 3.75. The van der Waals surface area contributed by atoms with E-state index in [1.54, 1.807) is 35.4 Å². The van der Waals surface area contributed by atoms with Gasteiger partial charge in [-0.3, -0.25) is 14.9 Å². The maximum Gasteiger partial charge on any atom is 0.269 e. The van der Waals surface area contributed by atoms with Gasteiger partial charge in [-0.2, -0.15) is 0 Å². The molecule has 0 N–H and O–H groups in total. The van der Waals surface area contributed by atoms with Crippen LogP contribution in [-0.4, -0.2) is 33.0 Å². The van der Waals surface area contributed by atoms with E-state index in [-0.39, 0.29) is 16.8 Å². The third-order valence-electron chi connectivity index (χ3n) is 3.39. The number of non-ortho nitro benzene ring substituents is 1. The van der Waals surface area contributed by atoms with Crippen LogP contribution in [0.15, 0.2) is 34.5 Å². The van der Waals surface area contributed by atoms with Gasteiger partial charge in [-0.05, 0) is 25.5 Å². The van der Waals surface area contributed by atoms with Gasteiger partial charge in [-0.25, -0.2) is 4.98 Å². The number of carbonyl (C=O) groups excluding carboxylic acids is 1. The number of thioether (sulfide) groups is 1. The van der Waals surface area contributed by atoms with Gasteiger partial charge in [-0.15, -0.1) is 23.1 Å². The average molecular weight is 365 g/mol. The number of nitro benzene ring substituents is 1. The normalized spacial score (nSPS) is 12.0. The van der Waals surface area contributed by atoms with E-state index in [4.69, 9.17) is 0 Å². The molecule has 0 aliphatic heterocycles. The lowest BCUT2D eigenvalue weighted by atomic mass is 10.3. The first kappa shape index (κ1) is 18.4. The van der Waals surface area contributed by atoms with Gasteiger partial charge in [0, 0.05) is 29.5 Å². The summed E-state index contributed by atoms with van der Waals surface area (Å²) < 4.78 is 0. The highest BCUT2D eigenvalue weighted by atomic mass is 32.2. The molecular weight excluding hydrogens is 346 g/mol. The number of nitro groups is 1. The lowest BCUT2D eigenvalue weighted by Gasteiger charge is -2.20. The zero-order valence-electron chi connectivity index (χ0n) is 13.8. The van der Waals surface area contributed by atoms with Crippen LogP contribution >= 0.6 is 23.1 Å². The van der Waals surface area contributed by atoms with Gasteiger partial charge < -0.3 is 4.90 Å². The van der Waals surface area contributed by atoms with Crippen LogP contribution in [0.25, 0.3) is 0 Å². The number of rotatable bonds is 7. The van der Waals surface area contributed by atoms with E-state index in [2.05, 4.69) is 11.9 Å². The molecule has 0 bridgehead atoms. The molecule has 2 rings (SSSR count). The molecule has 128 valence electrons. The molecule has 1 amide bonds. The van der Waals surface area contributed by atoms with Crippen LogP contribution in [0.5, 0.6) is 0 Å². The van der Waals surface area contributed by atoms with Crippen molar-refractivity contribution < 1.29 is 9.72 Å². The maximum absolute atomic E-state index is 12.5. The average Bonchev–Trinajstić information content (AvgIpc) is 3.02. The minimum Gasteiger partial charge on any atom is -0.339 e. The number of amides is 1. The molecule has 0 radical (unpaired) electrons. The summed E-state index contributed by atoms with van der Waals surface area (Å²) in [4.78, 5) is 29.7. The summed E-state index contributed by atoms with van der Waals surface area (Å²) >= 11 is 3.00. The van der Waals surface area contributed by atoms with Crippen LogP contribution in [0.1, 0.15) is 24.5 Å². The van der Waals surface area contributed by atoms with Crippen LogP contribution < -0.4 is 0 Å². The van der Waals surface area contributed by atoms with Crippen molar-refractivity contribution in [1.82, 2.24) is 9.88 Å². The number of nitrogens with zero attached hydrogens (tertiary/aromatic N) is 3. The molecule has 1 aromatic heterocycles. The summed E-state index contributed by atoms with van der Waals surface area (Å²) in [5.74, 6) is 0.00408. The minimum absolute atomic E-state index is 0.00408. The molecule has 0 saturated carbocycles. The van der Waals surface area contributed by atoms with Crippen molar-refractivity contribution in [1.29, 1.82) is 0 Å². The molecule has 8 heteroatoms. The van der Waals surface area contributed by atoms with Gasteiger partial charge in [0.25, 0.3) is 5.69 Å². The molecule has 24 heavy (non-hydrogen) atoms. The highest BCUT2D eigenvalue weighted by Gasteiger charge is 2.20. The van der Waals surface area contributed by atoms with Crippen LogP contribution in [0.2, 0.25) is 0 Å². The second-order valence-corrected chi connectivity index (χ2v) is 7.65. The van der Waals surface area contributed by atoms with Gasteiger partial charge in [0.1, 0.15) is 0 Å². The van der Waals surface area contributed by atoms with Crippen molar-refractivity contribution in [3.63, 3.8) is 0 Å². The Balaban J connectivity index is 1.93. The number of hydrogen-bond acceptors (Lipinski definition) is 6. The number of benzene rings is 1. The zero-order chi connectivity index (χ0) is 17.7. The molecule has 1 heterocycles. The summed E-state index contributed by atoms with van der Waals surface area (Å²) in [5, 5.41) is 13.4. The molecule has 1 unspecified atom stereocenters. The first-order valence-corrected chi connectivity index (χ1v) is 9.26. The predicted molar refractivity (Wildman–Crippen MR) is 96.4 cm³/mol. The fraction of sp³-hybridized carbons (Fsp3) is 0.375. The topological polar surface area (TPSA) is 76.3 Å². The van der Waals surface area contributed by atoms with Gasteiger partial charge in [0.15, 0.2) is 0 Å². The molecule has 0 fully saturated rings. The number of carbonyl (C=O) groups is 1. The zero-order valence-corrected chi connectivity index (χ0v) is 15.4. The van der Waals surface area contributed by atoms with Crippen molar-refractivity contribution in [2.75, 3.05) is 7.05 Å². The first-order chi connectivity index (χ1) is 11.4. The Morgan fingerprint density at radius 3 is 2.62 bits per heavy atom. The Morgan fingerprint density at radius 2 is 2.08 bits per heavy atom. The van der Waals surface area contributed by atoms with Crippen molar-refractivity contribution in [2.45, 2.75) is 37.0 Å². The second kappa shape index (κ2) is 8.25. The first-order valence-electron chi connectivity index (χ1n) is 7.50. The Kier molecular flexibility index (Phi) is 6.33. The van der Waals surface area contributed by atoms with Crippen molar-refractivity contribution >= 4 is 34.7 Å². The summed E-state index contributed by atoms with van der Waals surface area (Å²) in [6.07, 6.45) is 0.898. The van der Waals surface area contributed by atoms with Crippen LogP contribution in [0, 0.1) is 10.1 Å². The SMILES string of the molecule is CCc1nc(CN(C)C(=O)C(C)Sc2ccc([N+](=O)[O-])cc2)cs1. The summed E-state index contributed by atoms with van der Waals surface area (Å²) in [5.41, 5.74) is 0.950. The second-order valence-electron chi connectivity index (χ2n) is 5.29. The Bertz CT molecular complexity index is 716. The van der Waals surface area contributed by atoms with Gasteiger partial charge >= 0.3 is 0 Å². The molecule has 0 aliphatic carbocycles. The third kappa shape index (κ3) is 4.78. The highest BCUT2D eigenvalue weighted by Crippen LogP contribution is 2.26. The molecule has 1 atom stereocenters. The number of aryl methyl sites for hydroxylation is 1. The molecule has 1 aromatic carbocycles. The molecular formula is C16H19N3O3S2. The van der Waals surface area contributed by atoms with Crippen molar-refractivity contribution in [2.24, 2.45) is 0 Å². The summed E-state index contributed by atoms with van der Waals surface area (Å²) in [6.45, 7) is 4.38. The molecule has 0 saturated heterocycles. The van der Waals surface area contributed by atoms with Gasteiger partial charge in [-0.1, -0.05) is 6.92 Å². The lowest BCUT2D eigenvalue weighted by Crippen LogP contribution is -2.32. The quantitative estimate of drug-likeness (QED) is 0.424. The Morgan fingerprint density at radius 1 is 1.42 bits per heavy atom. The smallest absolute Gasteiger partial charge is 0.269 e. The molecule has 2 aromatic rings. The fourth-order valence-corrected chi connectivity index (χ4v) is 3.83. The van der Waals surface area contributed by atoms with E-state index in [1.807, 2.05) is 12.3 Å². The Labute approximate surface area is 149 Å². The van der Waals surface area contributed by atoms with E-state index >= 15 is 0 Å². The highest BCUT2D eigenvalue weighted by molar-refractivity contribution is 8.00. The van der Waals surface area contributed by atoms with Crippen molar-refractivity contribution in [3.05, 3.63) is 50.5 Å². The summed E-state index contributed by atoms with van der Waals surface area (Å²) in [7, 11) is 1.76. The molecule has 0 aliphatic rings. The standard InChI is InChI=1S/C16H19N3O3S2/c1-4-15-17-12(10-23-15)9-18(3)16(20)11(2)24-14-7-5-13(6-8-14)19(21)22/h5-8,10-11H,4,9H2,1-3H3. The largest absolute Gasteiger partial charge is 0.339 e. The third-order valence-corrected chi connectivity index (χ3v) is 5.53. The van der Waals surface area contributed by atoms with E-state index < -0.39 is 4.92 Å². The lowest BCUT2D eigenvalue weighted by molar-refractivity contribution is -0.384. The van der Waals surface area contributed by atoms with E-state index in [9.17, 15) is 14.9 Å². The van der Waals surface area contributed by atoms with Crippen LogP contribution in [-0.2, 0) is 17.8 Å². The molecule has 0 spiro atoms. The number of hydrogen-bond donors (Lipinski definition) is 0. The summed E-state index contributed by atoms with van der Waals surface area (Å²) in [6, 6.07) is 6.23. The van der Waals surface area contributed by atoms with Crippen LogP contribution in [0.4, 0.5) is 5.69 Å². The van der Waals surface area contributed by atoms with Crippen LogP contribution in [0.3, 0.4) is 0 Å². The van der Waals surface area contributed by atoms with Gasteiger partial charge in [0.05, 0.1) is 27.4 Å². The van der Waals surface area contributed by atoms with E-state index in [0.717, 1.165) is 22.0 Å². The maximum atomic E-state index is 12.5. The van der Waals surface area contributed by atoms with Crippen molar-refractivity contribution in [3.8, 4) is 0 Å². The Hall–Kier alpha value is -1.93. The number of thiazole rings is 1. The minimum atomic E-state index is -0.435. The van der Waals surface area contributed by atoms with Gasteiger partial charge in [0.2, 0.25) is 5.91 Å². The van der Waals surface area contributed by atoms with E-state index in [0.29, 0.717) is 6.54 Å². The number of aromatic nitrogens is 1. The fourth-order valence-electron chi connectivity index (χ4n) is 2.12. The monoisotopic (exact) mass is 365 g/mol. The van der Waals surface area contributed by atoms with E-state index in [1.165, 1.54) is 23.9 Å². The molecule has 6 nitrogen and oxygen atoms in total.